The number of rotatable bonds is 8. The molecule has 0 radical (unpaired) electrons. The zero-order valence-corrected chi connectivity index (χ0v) is 17.1. The highest BCUT2D eigenvalue weighted by atomic mass is 32.1. The molecule has 1 heterocycles. The quantitative estimate of drug-likeness (QED) is 0.548. The second kappa shape index (κ2) is 10.1. The zero-order valence-electron chi connectivity index (χ0n) is 16.2. The molecule has 0 saturated carbocycles. The monoisotopic (exact) mass is 375 g/mol. The number of aliphatic imine (C=N–C) groups is 1. The van der Waals surface area contributed by atoms with Gasteiger partial charge in [0.15, 0.2) is 5.96 Å². The minimum atomic E-state index is 0.237. The summed E-state index contributed by atoms with van der Waals surface area (Å²) in [6, 6.07) is 8.43. The van der Waals surface area contributed by atoms with E-state index in [0.717, 1.165) is 41.9 Å². The molecule has 0 aliphatic heterocycles. The van der Waals surface area contributed by atoms with Gasteiger partial charge in [-0.3, -0.25) is 4.99 Å². The summed E-state index contributed by atoms with van der Waals surface area (Å²) in [7, 11) is 7.64. The number of hydrogen-bond acceptors (Lipinski definition) is 5. The Kier molecular flexibility index (Phi) is 7.87. The predicted octanol–water partition coefficient (Wildman–Crippen LogP) is 2.47. The van der Waals surface area contributed by atoms with Crippen LogP contribution < -0.4 is 15.4 Å². The first kappa shape index (κ1) is 20.2. The fraction of sp³-hybridized carbons (Fsp3) is 0.474. The largest absolute Gasteiger partial charge is 0.497 e. The highest BCUT2D eigenvalue weighted by Gasteiger charge is 2.14. The van der Waals surface area contributed by atoms with Gasteiger partial charge in [-0.1, -0.05) is 12.1 Å². The molecule has 142 valence electrons. The molecular weight excluding hydrogens is 346 g/mol. The van der Waals surface area contributed by atoms with E-state index in [1.54, 1.807) is 25.5 Å². The number of benzene rings is 1. The Morgan fingerprint density at radius 3 is 2.54 bits per heavy atom. The maximum absolute atomic E-state index is 5.24. The molecular formula is C19H29N5OS. The van der Waals surface area contributed by atoms with E-state index in [4.69, 9.17) is 4.74 Å². The zero-order chi connectivity index (χ0) is 18.9. The number of ether oxygens (including phenoxy) is 1. The fourth-order valence-electron chi connectivity index (χ4n) is 2.67. The number of guanidine groups is 1. The van der Waals surface area contributed by atoms with Gasteiger partial charge in [-0.25, -0.2) is 4.98 Å². The van der Waals surface area contributed by atoms with Gasteiger partial charge < -0.3 is 20.3 Å². The molecule has 6 nitrogen and oxygen atoms in total. The molecule has 26 heavy (non-hydrogen) atoms. The van der Waals surface area contributed by atoms with Crippen LogP contribution >= 0.6 is 11.3 Å². The number of likely N-dealkylation sites (N-methyl/N-ethyl adjacent to an activating group) is 1. The van der Waals surface area contributed by atoms with Crippen molar-refractivity contribution >= 4 is 17.3 Å². The number of methoxy groups -OCH3 is 1. The molecule has 1 atom stereocenters. The summed E-state index contributed by atoms with van der Waals surface area (Å²) in [5.41, 5.74) is 2.36. The smallest absolute Gasteiger partial charge is 0.191 e. The van der Waals surface area contributed by atoms with Crippen molar-refractivity contribution in [1.29, 1.82) is 0 Å². The van der Waals surface area contributed by atoms with E-state index in [1.165, 1.54) is 5.56 Å². The first-order chi connectivity index (χ1) is 12.5. The van der Waals surface area contributed by atoms with Crippen molar-refractivity contribution in [2.45, 2.75) is 19.4 Å². The Hall–Kier alpha value is -2.12. The summed E-state index contributed by atoms with van der Waals surface area (Å²) >= 11 is 1.69. The molecule has 2 rings (SSSR count). The molecule has 7 heteroatoms. The van der Waals surface area contributed by atoms with Crippen LogP contribution in [0, 0.1) is 6.92 Å². The molecule has 1 unspecified atom stereocenters. The van der Waals surface area contributed by atoms with Crippen LogP contribution in [-0.2, 0) is 6.42 Å². The van der Waals surface area contributed by atoms with Crippen molar-refractivity contribution in [2.24, 2.45) is 4.99 Å². The molecule has 0 bridgehead atoms. The molecule has 2 N–H and O–H groups in total. The van der Waals surface area contributed by atoms with Crippen molar-refractivity contribution in [2.75, 3.05) is 41.3 Å². The summed E-state index contributed by atoms with van der Waals surface area (Å²) in [5.74, 6) is 1.67. The lowest BCUT2D eigenvalue weighted by atomic mass is 10.1. The van der Waals surface area contributed by atoms with Gasteiger partial charge in [0.1, 0.15) is 5.75 Å². The Bertz CT molecular complexity index is 696. The molecule has 1 aromatic carbocycles. The molecule has 2 aromatic rings. The van der Waals surface area contributed by atoms with Gasteiger partial charge in [0.05, 0.1) is 23.9 Å². The van der Waals surface area contributed by atoms with Crippen molar-refractivity contribution in [3.05, 3.63) is 45.9 Å². The number of nitrogens with one attached hydrogen (secondary N) is 2. The molecule has 0 aliphatic rings. The van der Waals surface area contributed by atoms with Gasteiger partial charge in [0, 0.05) is 31.9 Å². The van der Waals surface area contributed by atoms with Gasteiger partial charge in [0.25, 0.3) is 0 Å². The van der Waals surface area contributed by atoms with Crippen LogP contribution in [0.5, 0.6) is 5.75 Å². The highest BCUT2D eigenvalue weighted by molar-refractivity contribution is 7.09. The first-order valence-electron chi connectivity index (χ1n) is 8.69. The average molecular weight is 376 g/mol. The topological polar surface area (TPSA) is 61.8 Å². The Balaban J connectivity index is 1.87. The molecule has 0 amide bonds. The Morgan fingerprint density at radius 2 is 2.00 bits per heavy atom. The van der Waals surface area contributed by atoms with Crippen LogP contribution in [0.1, 0.15) is 22.3 Å². The Morgan fingerprint density at radius 1 is 1.27 bits per heavy atom. The molecule has 0 aliphatic carbocycles. The molecule has 0 fully saturated rings. The lowest BCUT2D eigenvalue weighted by Crippen LogP contribution is -2.42. The predicted molar refractivity (Wildman–Crippen MR) is 109 cm³/mol. The number of hydrogen-bond donors (Lipinski definition) is 2. The van der Waals surface area contributed by atoms with Crippen LogP contribution in [0.25, 0.3) is 0 Å². The van der Waals surface area contributed by atoms with E-state index in [0.29, 0.717) is 0 Å². The normalized spacial score (nSPS) is 12.9. The summed E-state index contributed by atoms with van der Waals surface area (Å²) in [6.45, 7) is 3.59. The van der Waals surface area contributed by atoms with Gasteiger partial charge in [-0.05, 0) is 38.7 Å². The SMILES string of the molecule is CN=C(NCCc1csc(C)n1)NCC(c1ccc(OC)cc1)N(C)C. The van der Waals surface area contributed by atoms with Gasteiger partial charge >= 0.3 is 0 Å². The van der Waals surface area contributed by atoms with Crippen molar-refractivity contribution < 1.29 is 4.74 Å². The molecule has 1 aromatic heterocycles. The first-order valence-corrected chi connectivity index (χ1v) is 9.57. The van der Waals surface area contributed by atoms with E-state index in [1.807, 2.05) is 19.1 Å². The second-order valence-electron chi connectivity index (χ2n) is 6.24. The van der Waals surface area contributed by atoms with E-state index >= 15 is 0 Å². The van der Waals surface area contributed by atoms with Crippen LogP contribution in [0.4, 0.5) is 0 Å². The maximum Gasteiger partial charge on any atom is 0.191 e. The summed E-state index contributed by atoms with van der Waals surface area (Å²) in [5, 5.41) is 9.99. The van der Waals surface area contributed by atoms with Crippen LogP contribution in [-0.4, -0.2) is 57.2 Å². The van der Waals surface area contributed by atoms with Crippen LogP contribution in [0.2, 0.25) is 0 Å². The second-order valence-corrected chi connectivity index (χ2v) is 7.30. The third kappa shape index (κ3) is 6.00. The lowest BCUT2D eigenvalue weighted by Gasteiger charge is -2.26. The van der Waals surface area contributed by atoms with Gasteiger partial charge in [0.2, 0.25) is 0 Å². The van der Waals surface area contributed by atoms with Crippen molar-refractivity contribution in [3.8, 4) is 5.75 Å². The Labute approximate surface area is 160 Å². The van der Waals surface area contributed by atoms with E-state index in [2.05, 4.69) is 57.1 Å². The average Bonchev–Trinajstić information content (AvgIpc) is 3.05. The number of aromatic nitrogens is 1. The third-order valence-corrected chi connectivity index (χ3v) is 4.97. The van der Waals surface area contributed by atoms with Crippen molar-refractivity contribution in [3.63, 3.8) is 0 Å². The minimum absolute atomic E-state index is 0.237. The fourth-order valence-corrected chi connectivity index (χ4v) is 3.32. The number of nitrogens with zero attached hydrogens (tertiary/aromatic N) is 3. The molecule has 0 spiro atoms. The summed E-state index contributed by atoms with van der Waals surface area (Å²) in [6.07, 6.45) is 0.890. The number of thiazole rings is 1. The molecule has 0 saturated heterocycles. The van der Waals surface area contributed by atoms with Crippen molar-refractivity contribution in [1.82, 2.24) is 20.5 Å². The minimum Gasteiger partial charge on any atom is -0.497 e. The van der Waals surface area contributed by atoms with Gasteiger partial charge in [-0.2, -0.15) is 0 Å². The van der Waals surface area contributed by atoms with E-state index < -0.39 is 0 Å². The van der Waals surface area contributed by atoms with Crippen LogP contribution in [0.3, 0.4) is 0 Å². The number of aryl methyl sites for hydroxylation is 1. The highest BCUT2D eigenvalue weighted by Crippen LogP contribution is 2.20. The summed E-state index contributed by atoms with van der Waals surface area (Å²) < 4.78 is 5.24. The standard InChI is InChI=1S/C19H29N5OS/c1-14-23-16(13-26-14)10-11-21-19(20-2)22-12-18(24(3)4)15-6-8-17(25-5)9-7-15/h6-9,13,18H,10-12H2,1-5H3,(H2,20,21,22). The van der Waals surface area contributed by atoms with E-state index in [-0.39, 0.29) is 6.04 Å². The van der Waals surface area contributed by atoms with Gasteiger partial charge in [-0.15, -0.1) is 11.3 Å². The summed E-state index contributed by atoms with van der Waals surface area (Å²) in [4.78, 5) is 11.0. The lowest BCUT2D eigenvalue weighted by molar-refractivity contribution is 0.298. The van der Waals surface area contributed by atoms with E-state index in [9.17, 15) is 0 Å². The van der Waals surface area contributed by atoms with Crippen LogP contribution in [0.15, 0.2) is 34.6 Å². The third-order valence-electron chi connectivity index (χ3n) is 4.15. The maximum atomic E-state index is 5.24.